The molecule has 10 heteroatoms. The van der Waals surface area contributed by atoms with Gasteiger partial charge in [0.2, 0.25) is 6.10 Å². The lowest BCUT2D eigenvalue weighted by atomic mass is 9.97. The van der Waals surface area contributed by atoms with E-state index in [9.17, 15) is 23.9 Å². The third-order valence-corrected chi connectivity index (χ3v) is 4.61. The van der Waals surface area contributed by atoms with E-state index in [0.29, 0.717) is 37.2 Å². The Morgan fingerprint density at radius 2 is 1.56 bits per heavy atom. The van der Waals surface area contributed by atoms with Crippen LogP contribution in [0.1, 0.15) is 24.8 Å². The van der Waals surface area contributed by atoms with E-state index in [2.05, 4.69) is 0 Å². The van der Waals surface area contributed by atoms with Gasteiger partial charge in [0.1, 0.15) is 17.3 Å². The second kappa shape index (κ2) is 11.2. The maximum atomic E-state index is 13.2. The van der Waals surface area contributed by atoms with Gasteiger partial charge < -0.3 is 29.9 Å². The molecule has 0 aliphatic carbocycles. The van der Waals surface area contributed by atoms with Crippen LogP contribution in [-0.4, -0.2) is 56.6 Å². The van der Waals surface area contributed by atoms with Crippen LogP contribution in [0.25, 0.3) is 0 Å². The van der Waals surface area contributed by atoms with E-state index >= 15 is 0 Å². The van der Waals surface area contributed by atoms with E-state index < -0.39 is 35.4 Å². The SMILES string of the molecule is O=C(O)C(OCCCCCc1ccc(Oc2cccc(F)c2)cc1)C(O)(C(=O)O)C(=O)O. The number of ether oxygens (including phenoxy) is 2. The lowest BCUT2D eigenvalue weighted by molar-refractivity contribution is -0.201. The fraction of sp³-hybridized carbons (Fsp3) is 0.318. The zero-order valence-corrected chi connectivity index (χ0v) is 16.9. The third-order valence-electron chi connectivity index (χ3n) is 4.61. The van der Waals surface area contributed by atoms with Crippen molar-refractivity contribution < 1.29 is 48.7 Å². The molecule has 2 aromatic rings. The van der Waals surface area contributed by atoms with Crippen molar-refractivity contribution in [2.24, 2.45) is 0 Å². The third kappa shape index (κ3) is 6.50. The minimum Gasteiger partial charge on any atom is -0.479 e. The van der Waals surface area contributed by atoms with Gasteiger partial charge in [-0.05, 0) is 49.1 Å². The summed E-state index contributed by atoms with van der Waals surface area (Å²) in [6.07, 6.45) is -0.126. The van der Waals surface area contributed by atoms with E-state index in [0.717, 1.165) is 5.56 Å². The molecule has 0 heterocycles. The molecule has 0 saturated carbocycles. The number of hydrogen-bond donors (Lipinski definition) is 4. The number of hydrogen-bond acceptors (Lipinski definition) is 6. The smallest absolute Gasteiger partial charge is 0.351 e. The highest BCUT2D eigenvalue weighted by molar-refractivity contribution is 6.06. The zero-order chi connectivity index (χ0) is 23.7. The minimum atomic E-state index is -3.58. The number of aliphatic carboxylic acids is 3. The molecule has 2 aromatic carbocycles. The van der Waals surface area contributed by atoms with Crippen LogP contribution in [0.5, 0.6) is 11.5 Å². The number of carboxylic acids is 3. The van der Waals surface area contributed by atoms with Crippen molar-refractivity contribution in [3.05, 3.63) is 59.9 Å². The summed E-state index contributed by atoms with van der Waals surface area (Å²) in [6, 6.07) is 13.0. The molecule has 172 valence electrons. The summed E-state index contributed by atoms with van der Waals surface area (Å²) in [5.74, 6) is -5.79. The van der Waals surface area contributed by atoms with Gasteiger partial charge in [0, 0.05) is 12.7 Å². The van der Waals surface area contributed by atoms with Crippen molar-refractivity contribution in [3.63, 3.8) is 0 Å². The number of rotatable bonds is 13. The quantitative estimate of drug-likeness (QED) is 0.267. The maximum absolute atomic E-state index is 13.2. The van der Waals surface area contributed by atoms with E-state index in [1.54, 1.807) is 24.3 Å². The van der Waals surface area contributed by atoms with Crippen LogP contribution in [0.15, 0.2) is 48.5 Å². The number of carbonyl (C=O) groups is 3. The van der Waals surface area contributed by atoms with Crippen LogP contribution in [0.4, 0.5) is 4.39 Å². The molecule has 1 atom stereocenters. The Hall–Kier alpha value is -3.50. The highest BCUT2D eigenvalue weighted by Gasteiger charge is 2.56. The molecule has 0 aliphatic rings. The van der Waals surface area contributed by atoms with Crippen LogP contribution in [0.2, 0.25) is 0 Å². The largest absolute Gasteiger partial charge is 0.479 e. The van der Waals surface area contributed by atoms with Gasteiger partial charge in [0.15, 0.2) is 0 Å². The van der Waals surface area contributed by atoms with Gasteiger partial charge in [0.05, 0.1) is 0 Å². The summed E-state index contributed by atoms with van der Waals surface area (Å²) in [5.41, 5.74) is -2.58. The number of carboxylic acid groups (broad SMARTS) is 3. The second-order valence-electron chi connectivity index (χ2n) is 6.98. The van der Waals surface area contributed by atoms with E-state index in [-0.39, 0.29) is 6.61 Å². The van der Waals surface area contributed by atoms with Crippen LogP contribution >= 0.6 is 0 Å². The number of aliphatic hydroxyl groups is 1. The van der Waals surface area contributed by atoms with Crippen molar-refractivity contribution in [2.45, 2.75) is 37.4 Å². The average molecular weight is 450 g/mol. The molecule has 9 nitrogen and oxygen atoms in total. The highest BCUT2D eigenvalue weighted by Crippen LogP contribution is 2.23. The molecular weight excluding hydrogens is 427 g/mol. The van der Waals surface area contributed by atoms with Crippen molar-refractivity contribution in [1.82, 2.24) is 0 Å². The normalized spacial score (nSPS) is 12.2. The molecule has 0 aliphatic heterocycles. The molecule has 0 aromatic heterocycles. The number of unbranched alkanes of at least 4 members (excludes halogenated alkanes) is 2. The molecule has 32 heavy (non-hydrogen) atoms. The first-order valence-electron chi connectivity index (χ1n) is 9.70. The fourth-order valence-corrected chi connectivity index (χ4v) is 2.89. The summed E-state index contributed by atoms with van der Waals surface area (Å²) in [6.45, 7) is -0.236. The highest BCUT2D eigenvalue weighted by atomic mass is 19.1. The van der Waals surface area contributed by atoms with Crippen LogP contribution < -0.4 is 4.74 Å². The topological polar surface area (TPSA) is 151 Å². The Morgan fingerprint density at radius 3 is 2.12 bits per heavy atom. The molecule has 4 N–H and O–H groups in total. The molecular formula is C22H23FO9. The Morgan fingerprint density at radius 1 is 0.906 bits per heavy atom. The Balaban J connectivity index is 1.77. The van der Waals surface area contributed by atoms with Crippen molar-refractivity contribution in [2.75, 3.05) is 6.61 Å². The van der Waals surface area contributed by atoms with Crippen LogP contribution in [0, 0.1) is 5.82 Å². The van der Waals surface area contributed by atoms with E-state index in [1.807, 2.05) is 12.1 Å². The summed E-state index contributed by atoms with van der Waals surface area (Å²) in [7, 11) is 0. The lowest BCUT2D eigenvalue weighted by Gasteiger charge is -2.25. The first-order chi connectivity index (χ1) is 15.1. The van der Waals surface area contributed by atoms with Gasteiger partial charge in [-0.1, -0.05) is 24.6 Å². The maximum Gasteiger partial charge on any atom is 0.351 e. The number of aryl methyl sites for hydroxylation is 1. The summed E-state index contributed by atoms with van der Waals surface area (Å²) in [5, 5.41) is 36.6. The average Bonchev–Trinajstić information content (AvgIpc) is 2.73. The monoisotopic (exact) mass is 450 g/mol. The molecule has 2 rings (SSSR count). The van der Waals surface area contributed by atoms with Crippen molar-refractivity contribution >= 4 is 17.9 Å². The zero-order valence-electron chi connectivity index (χ0n) is 16.9. The minimum absolute atomic E-state index is 0.236. The Kier molecular flexibility index (Phi) is 8.68. The molecule has 0 bridgehead atoms. The fourth-order valence-electron chi connectivity index (χ4n) is 2.89. The van der Waals surface area contributed by atoms with E-state index in [4.69, 9.17) is 24.8 Å². The van der Waals surface area contributed by atoms with Gasteiger partial charge in [-0.2, -0.15) is 0 Å². The summed E-state index contributed by atoms with van der Waals surface area (Å²) in [4.78, 5) is 33.3. The van der Waals surface area contributed by atoms with Gasteiger partial charge in [-0.25, -0.2) is 18.8 Å². The molecule has 0 fully saturated rings. The molecule has 0 saturated heterocycles. The van der Waals surface area contributed by atoms with Gasteiger partial charge in [0.25, 0.3) is 5.60 Å². The predicted molar refractivity (Wildman–Crippen MR) is 108 cm³/mol. The lowest BCUT2D eigenvalue weighted by Crippen LogP contribution is -2.60. The van der Waals surface area contributed by atoms with Gasteiger partial charge in [-0.3, -0.25) is 0 Å². The molecule has 0 radical (unpaired) electrons. The molecule has 0 spiro atoms. The van der Waals surface area contributed by atoms with Crippen LogP contribution in [-0.2, 0) is 25.5 Å². The van der Waals surface area contributed by atoms with Gasteiger partial charge in [-0.15, -0.1) is 0 Å². The number of halogens is 1. The standard InChI is InChI=1S/C22H23FO9/c23-15-6-4-7-17(13-15)32-16-10-8-14(9-11-16)5-2-1-3-12-31-18(19(24)25)22(30,20(26)27)21(28)29/h4,6-11,13,18,30H,1-3,5,12H2,(H,24,25)(H,26,27)(H,28,29). The summed E-state index contributed by atoms with van der Waals surface area (Å²) < 4.78 is 23.6. The van der Waals surface area contributed by atoms with Gasteiger partial charge >= 0.3 is 17.9 Å². The van der Waals surface area contributed by atoms with E-state index in [1.165, 1.54) is 12.1 Å². The van der Waals surface area contributed by atoms with Crippen molar-refractivity contribution in [3.8, 4) is 11.5 Å². The Bertz CT molecular complexity index is 929. The summed E-state index contributed by atoms with van der Waals surface area (Å²) >= 11 is 0. The first kappa shape index (κ1) is 24.8. The second-order valence-corrected chi connectivity index (χ2v) is 6.98. The van der Waals surface area contributed by atoms with Crippen molar-refractivity contribution in [1.29, 1.82) is 0 Å². The number of benzene rings is 2. The first-order valence-corrected chi connectivity index (χ1v) is 9.70. The Labute approximate surface area is 182 Å². The molecule has 0 amide bonds. The van der Waals surface area contributed by atoms with Crippen LogP contribution in [0.3, 0.4) is 0 Å². The molecule has 1 unspecified atom stereocenters. The predicted octanol–water partition coefficient (Wildman–Crippen LogP) is 2.70.